The number of carbonyl (C=O) groups is 4. The van der Waals surface area contributed by atoms with E-state index in [4.69, 9.17) is 4.74 Å². The molecule has 0 bridgehead atoms. The molecule has 0 atom stereocenters. The quantitative estimate of drug-likeness (QED) is 0.270. The Morgan fingerprint density at radius 3 is 2.61 bits per heavy atom. The van der Waals surface area contributed by atoms with Gasteiger partial charge < -0.3 is 19.5 Å². The maximum absolute atomic E-state index is 13.5. The van der Waals surface area contributed by atoms with Gasteiger partial charge in [0.2, 0.25) is 5.91 Å². The second kappa shape index (κ2) is 11.4. The highest BCUT2D eigenvalue weighted by molar-refractivity contribution is 7.98. The maximum Gasteiger partial charge on any atom is 0.325 e. The number of nitrogens with one attached hydrogen (secondary N) is 1. The van der Waals surface area contributed by atoms with Gasteiger partial charge in [0.1, 0.15) is 6.54 Å². The van der Waals surface area contributed by atoms with Crippen molar-refractivity contribution in [1.29, 1.82) is 0 Å². The van der Waals surface area contributed by atoms with Crippen LogP contribution < -0.4 is 5.32 Å². The molecule has 8 nitrogen and oxygen atoms in total. The number of carbonyl (C=O) groups excluding carboxylic acids is 4. The molecular formula is C27H29N3O5S. The second-order valence-electron chi connectivity index (χ2n) is 8.57. The Kier molecular flexibility index (Phi) is 8.10. The highest BCUT2D eigenvalue weighted by Crippen LogP contribution is 2.27. The van der Waals surface area contributed by atoms with Crippen molar-refractivity contribution in [2.24, 2.45) is 0 Å². The van der Waals surface area contributed by atoms with Crippen molar-refractivity contribution in [3.05, 3.63) is 65.4 Å². The van der Waals surface area contributed by atoms with E-state index < -0.39 is 17.7 Å². The predicted molar refractivity (Wildman–Crippen MR) is 140 cm³/mol. The molecule has 1 N–H and O–H groups in total. The van der Waals surface area contributed by atoms with E-state index in [2.05, 4.69) is 5.32 Å². The number of thioether (sulfide) groups is 1. The molecule has 3 aromatic rings. The second-order valence-corrected chi connectivity index (χ2v) is 9.56. The minimum absolute atomic E-state index is 0.0949. The van der Waals surface area contributed by atoms with Crippen molar-refractivity contribution in [3.8, 4) is 0 Å². The molecule has 188 valence electrons. The molecule has 36 heavy (non-hydrogen) atoms. The molecule has 1 aliphatic heterocycles. The summed E-state index contributed by atoms with van der Waals surface area (Å²) in [6, 6.07) is 13.0. The highest BCUT2D eigenvalue weighted by Gasteiger charge is 2.29. The number of aromatic nitrogens is 1. The van der Waals surface area contributed by atoms with Gasteiger partial charge in [0.25, 0.3) is 11.7 Å². The van der Waals surface area contributed by atoms with Crippen LogP contribution >= 0.6 is 11.8 Å². The summed E-state index contributed by atoms with van der Waals surface area (Å²) in [6.45, 7) is 2.70. The Morgan fingerprint density at radius 1 is 1.08 bits per heavy atom. The first-order chi connectivity index (χ1) is 17.4. The molecular weight excluding hydrogens is 478 g/mol. The third-order valence-electron chi connectivity index (χ3n) is 6.16. The summed E-state index contributed by atoms with van der Waals surface area (Å²) in [6.07, 6.45) is 4.51. The van der Waals surface area contributed by atoms with E-state index in [9.17, 15) is 19.2 Å². The van der Waals surface area contributed by atoms with Crippen LogP contribution in [0.1, 0.15) is 34.8 Å². The van der Waals surface area contributed by atoms with Crippen LogP contribution in [-0.2, 0) is 38.6 Å². The molecule has 2 heterocycles. The van der Waals surface area contributed by atoms with Gasteiger partial charge in [0, 0.05) is 48.1 Å². The van der Waals surface area contributed by atoms with E-state index in [0.29, 0.717) is 48.3 Å². The standard InChI is InChI=1S/C27H29N3O5S/c1-3-35-25(32)17-30-16-22(21-14-20(8-9-23(21)30)28-24(31)11-13-36-2)26(33)27(34)29-12-10-18-6-4-5-7-19(18)15-29/h4-9,14,16H,3,10-13,15,17H2,1-2H3,(H,28,31). The normalized spacial score (nSPS) is 12.8. The van der Waals surface area contributed by atoms with E-state index in [1.54, 1.807) is 46.4 Å². The van der Waals surface area contributed by atoms with E-state index in [1.807, 2.05) is 30.5 Å². The number of Topliss-reactive ketones (excluding diaryl/α,β-unsaturated/α-hetero) is 1. The monoisotopic (exact) mass is 507 g/mol. The average molecular weight is 508 g/mol. The van der Waals surface area contributed by atoms with Crippen LogP contribution in [0.25, 0.3) is 10.9 Å². The molecule has 0 aliphatic carbocycles. The number of benzene rings is 2. The first kappa shape index (κ1) is 25.5. The molecule has 2 amide bonds. The molecule has 0 radical (unpaired) electrons. The zero-order chi connectivity index (χ0) is 25.7. The van der Waals surface area contributed by atoms with Gasteiger partial charge in [-0.05, 0) is 48.9 Å². The fourth-order valence-electron chi connectivity index (χ4n) is 4.38. The van der Waals surface area contributed by atoms with Gasteiger partial charge in [-0.2, -0.15) is 11.8 Å². The largest absolute Gasteiger partial charge is 0.465 e. The van der Waals surface area contributed by atoms with E-state index in [1.165, 1.54) is 11.8 Å². The number of hydrogen-bond acceptors (Lipinski definition) is 6. The van der Waals surface area contributed by atoms with E-state index in [-0.39, 0.29) is 24.6 Å². The lowest BCUT2D eigenvalue weighted by atomic mass is 9.99. The fourth-order valence-corrected chi connectivity index (χ4v) is 4.77. The van der Waals surface area contributed by atoms with Crippen molar-refractivity contribution < 1.29 is 23.9 Å². The van der Waals surface area contributed by atoms with Crippen LogP contribution in [0.15, 0.2) is 48.7 Å². The van der Waals surface area contributed by atoms with E-state index in [0.717, 1.165) is 5.56 Å². The van der Waals surface area contributed by atoms with Crippen LogP contribution in [0, 0.1) is 0 Å². The maximum atomic E-state index is 13.5. The van der Waals surface area contributed by atoms with Gasteiger partial charge >= 0.3 is 5.97 Å². The lowest BCUT2D eigenvalue weighted by molar-refractivity contribution is -0.143. The summed E-state index contributed by atoms with van der Waals surface area (Å²) in [4.78, 5) is 52.7. The smallest absolute Gasteiger partial charge is 0.325 e. The number of fused-ring (bicyclic) bond motifs is 2. The third kappa shape index (κ3) is 5.62. The van der Waals surface area contributed by atoms with Crippen molar-refractivity contribution in [2.45, 2.75) is 32.9 Å². The first-order valence-electron chi connectivity index (χ1n) is 11.9. The highest BCUT2D eigenvalue weighted by atomic mass is 32.2. The van der Waals surface area contributed by atoms with Crippen LogP contribution in [0.4, 0.5) is 5.69 Å². The molecule has 9 heteroatoms. The van der Waals surface area contributed by atoms with Gasteiger partial charge in [0.05, 0.1) is 12.2 Å². The van der Waals surface area contributed by atoms with Gasteiger partial charge in [-0.3, -0.25) is 19.2 Å². The molecule has 4 rings (SSSR count). The van der Waals surface area contributed by atoms with Crippen molar-refractivity contribution in [3.63, 3.8) is 0 Å². The number of rotatable bonds is 9. The van der Waals surface area contributed by atoms with Crippen molar-refractivity contribution in [1.82, 2.24) is 9.47 Å². The summed E-state index contributed by atoms with van der Waals surface area (Å²) in [5, 5.41) is 3.35. The van der Waals surface area contributed by atoms with Gasteiger partial charge in [-0.15, -0.1) is 0 Å². The Labute approximate surface area is 214 Å². The van der Waals surface area contributed by atoms with Crippen LogP contribution in [-0.4, -0.2) is 58.2 Å². The topological polar surface area (TPSA) is 97.7 Å². The number of anilines is 1. The summed E-state index contributed by atoms with van der Waals surface area (Å²) >= 11 is 1.58. The summed E-state index contributed by atoms with van der Waals surface area (Å²) < 4.78 is 6.69. The summed E-state index contributed by atoms with van der Waals surface area (Å²) in [7, 11) is 0. The zero-order valence-corrected chi connectivity index (χ0v) is 21.2. The van der Waals surface area contributed by atoms with Crippen LogP contribution in [0.3, 0.4) is 0 Å². The number of hydrogen-bond donors (Lipinski definition) is 1. The minimum atomic E-state index is -0.646. The lowest BCUT2D eigenvalue weighted by Crippen LogP contribution is -2.40. The number of amides is 2. The molecule has 0 spiro atoms. The average Bonchev–Trinajstić information content (AvgIpc) is 3.23. The molecule has 0 saturated carbocycles. The Bertz CT molecular complexity index is 1320. The molecule has 0 saturated heterocycles. The molecule has 0 fully saturated rings. The molecule has 1 aromatic heterocycles. The van der Waals surface area contributed by atoms with Crippen molar-refractivity contribution in [2.75, 3.05) is 30.5 Å². The SMILES string of the molecule is CCOC(=O)Cn1cc(C(=O)C(=O)N2CCc3ccccc3C2)c2cc(NC(=O)CCSC)ccc21. The Hall–Kier alpha value is -3.59. The number of esters is 1. The van der Waals surface area contributed by atoms with Gasteiger partial charge in [0.15, 0.2) is 0 Å². The fraction of sp³-hybridized carbons (Fsp3) is 0.333. The van der Waals surface area contributed by atoms with Gasteiger partial charge in [-0.25, -0.2) is 0 Å². The third-order valence-corrected chi connectivity index (χ3v) is 6.77. The van der Waals surface area contributed by atoms with Crippen LogP contribution in [0.2, 0.25) is 0 Å². The van der Waals surface area contributed by atoms with Gasteiger partial charge in [-0.1, -0.05) is 24.3 Å². The Morgan fingerprint density at radius 2 is 1.86 bits per heavy atom. The minimum Gasteiger partial charge on any atom is -0.465 e. The molecule has 2 aromatic carbocycles. The molecule has 0 unspecified atom stereocenters. The summed E-state index contributed by atoms with van der Waals surface area (Å²) in [5.41, 5.74) is 3.53. The zero-order valence-electron chi connectivity index (χ0n) is 20.4. The van der Waals surface area contributed by atoms with Crippen LogP contribution in [0.5, 0.6) is 0 Å². The van der Waals surface area contributed by atoms with Crippen molar-refractivity contribution >= 4 is 51.9 Å². The lowest BCUT2D eigenvalue weighted by Gasteiger charge is -2.28. The number of ether oxygens (including phenoxy) is 1. The molecule has 1 aliphatic rings. The first-order valence-corrected chi connectivity index (χ1v) is 13.3. The van der Waals surface area contributed by atoms with E-state index >= 15 is 0 Å². The predicted octanol–water partition coefficient (Wildman–Crippen LogP) is 3.66. The number of ketones is 1. The summed E-state index contributed by atoms with van der Waals surface area (Å²) in [5.74, 6) is -1.12. The number of nitrogens with zero attached hydrogens (tertiary/aromatic N) is 2. The Balaban J connectivity index is 1.65.